The summed E-state index contributed by atoms with van der Waals surface area (Å²) in [5.41, 5.74) is 0.00563. The number of anilines is 1. The third kappa shape index (κ3) is 4.69. The molecule has 0 spiro atoms. The van der Waals surface area contributed by atoms with Gasteiger partial charge in [-0.05, 0) is 26.0 Å². The Morgan fingerprint density at radius 2 is 1.98 bits per heavy atom. The number of hydrogen-bond acceptors (Lipinski definition) is 7. The lowest BCUT2D eigenvalue weighted by Gasteiger charge is -2.45. The van der Waals surface area contributed by atoms with Gasteiger partial charge in [0.05, 0.1) is 35.4 Å². The Bertz CT molecular complexity index is 1830. The number of halogens is 3. The van der Waals surface area contributed by atoms with Crippen molar-refractivity contribution in [3.05, 3.63) is 59.2 Å². The first-order chi connectivity index (χ1) is 20.5. The van der Waals surface area contributed by atoms with Crippen LogP contribution >= 0.6 is 11.8 Å². The van der Waals surface area contributed by atoms with Gasteiger partial charge in [0.1, 0.15) is 5.82 Å². The normalized spacial score (nSPS) is 20.7. The molecule has 0 bridgehead atoms. The number of alkyl halides is 3. The summed E-state index contributed by atoms with van der Waals surface area (Å²) in [7, 11) is 3.23. The third-order valence-electron chi connectivity index (χ3n) is 8.34. The van der Waals surface area contributed by atoms with Crippen LogP contribution in [0.15, 0.2) is 52.8 Å². The van der Waals surface area contributed by atoms with Gasteiger partial charge in [0.25, 0.3) is 0 Å². The minimum absolute atomic E-state index is 0.0168. The molecule has 2 aromatic heterocycles. The van der Waals surface area contributed by atoms with E-state index in [9.17, 15) is 9.59 Å². The molecule has 2 aliphatic heterocycles. The number of fused-ring (bicyclic) bond motifs is 1. The molecule has 0 aliphatic carbocycles. The molecule has 13 heteroatoms. The lowest BCUT2D eigenvalue weighted by molar-refractivity contribution is -0.137. The molecule has 0 radical (unpaired) electrons. The highest BCUT2D eigenvalue weighted by molar-refractivity contribution is 7.99. The average Bonchev–Trinajstić information content (AvgIpc) is 3.36. The topological polar surface area (TPSA) is 85.5 Å². The fourth-order valence-corrected chi connectivity index (χ4v) is 7.71. The number of carbonyl (C=O) groups excluding carboxylic acids is 1. The molecule has 226 valence electrons. The van der Waals surface area contributed by atoms with Crippen LogP contribution in [0.5, 0.6) is 0 Å². The number of thioether (sulfide) groups is 1. The quantitative estimate of drug-likeness (QED) is 0.297. The number of carbonyl (C=O) groups is 1. The zero-order chi connectivity index (χ0) is 30.8. The summed E-state index contributed by atoms with van der Waals surface area (Å²) < 4.78 is 53.7. The van der Waals surface area contributed by atoms with Gasteiger partial charge in [0, 0.05) is 71.9 Å². The fourth-order valence-electron chi connectivity index (χ4n) is 6.40. The van der Waals surface area contributed by atoms with E-state index in [0.29, 0.717) is 39.2 Å². The van der Waals surface area contributed by atoms with Crippen molar-refractivity contribution in [3.63, 3.8) is 0 Å². The van der Waals surface area contributed by atoms with Gasteiger partial charge in [-0.25, -0.2) is 4.79 Å². The minimum Gasteiger partial charge on any atom is -0.383 e. The third-order valence-corrected chi connectivity index (χ3v) is 9.58. The number of para-hydroxylation sites is 1. The van der Waals surface area contributed by atoms with E-state index < -0.39 is 23.5 Å². The summed E-state index contributed by atoms with van der Waals surface area (Å²) >= 11 is 1.29. The van der Waals surface area contributed by atoms with Gasteiger partial charge < -0.3 is 14.5 Å². The SMILES string of the molecule is C=CC(=O)N1C[C@H](C)N(c2nc(=O)n3c4c(c(-c5cccc6cnn(C)c56)c(C(F)(F)F)cc24)SC[C@@H]3COC)C[C@H]1C. The van der Waals surface area contributed by atoms with Crippen molar-refractivity contribution in [2.24, 2.45) is 7.05 Å². The van der Waals surface area contributed by atoms with Crippen LogP contribution in [0.3, 0.4) is 0 Å². The second-order valence-electron chi connectivity index (χ2n) is 11.1. The van der Waals surface area contributed by atoms with Crippen molar-refractivity contribution < 1.29 is 22.7 Å². The van der Waals surface area contributed by atoms with E-state index in [1.165, 1.54) is 29.5 Å². The molecule has 1 amide bonds. The molecular weight excluding hydrogens is 581 g/mol. The zero-order valence-electron chi connectivity index (χ0n) is 24.2. The number of rotatable bonds is 5. The van der Waals surface area contributed by atoms with Crippen LogP contribution in [0.2, 0.25) is 0 Å². The maximum atomic E-state index is 15.1. The Balaban J connectivity index is 1.69. The molecule has 0 saturated carbocycles. The highest BCUT2D eigenvalue weighted by Crippen LogP contribution is 2.51. The Kier molecular flexibility index (Phi) is 7.28. The Morgan fingerprint density at radius 1 is 1.21 bits per heavy atom. The molecule has 0 unspecified atom stereocenters. The van der Waals surface area contributed by atoms with E-state index in [1.807, 2.05) is 24.8 Å². The molecule has 0 N–H and O–H groups in total. The van der Waals surface area contributed by atoms with Crippen molar-refractivity contribution in [2.45, 2.75) is 43.0 Å². The molecule has 1 fully saturated rings. The van der Waals surface area contributed by atoms with E-state index in [2.05, 4.69) is 16.7 Å². The minimum atomic E-state index is -4.71. The van der Waals surface area contributed by atoms with Gasteiger partial charge in [0.15, 0.2) is 0 Å². The molecule has 3 atom stereocenters. The van der Waals surface area contributed by atoms with Gasteiger partial charge in [-0.15, -0.1) is 11.8 Å². The van der Waals surface area contributed by atoms with Crippen LogP contribution < -0.4 is 10.6 Å². The zero-order valence-corrected chi connectivity index (χ0v) is 25.0. The molecule has 2 aromatic carbocycles. The van der Waals surface area contributed by atoms with Gasteiger partial charge >= 0.3 is 11.9 Å². The van der Waals surface area contributed by atoms with Crippen LogP contribution in [-0.2, 0) is 22.8 Å². The molecule has 43 heavy (non-hydrogen) atoms. The van der Waals surface area contributed by atoms with Crippen molar-refractivity contribution >= 4 is 45.3 Å². The number of piperazine rings is 1. The van der Waals surface area contributed by atoms with Crippen molar-refractivity contribution in [2.75, 3.05) is 37.5 Å². The van der Waals surface area contributed by atoms with Crippen molar-refractivity contribution in [3.8, 4) is 11.1 Å². The maximum Gasteiger partial charge on any atom is 0.417 e. The summed E-state index contributed by atoms with van der Waals surface area (Å²) in [4.78, 5) is 34.6. The summed E-state index contributed by atoms with van der Waals surface area (Å²) in [6.07, 6.45) is -1.84. The maximum absolute atomic E-state index is 15.1. The number of benzene rings is 2. The van der Waals surface area contributed by atoms with Crippen molar-refractivity contribution in [1.29, 1.82) is 0 Å². The van der Waals surface area contributed by atoms with Crippen LogP contribution in [0.4, 0.5) is 19.0 Å². The first-order valence-corrected chi connectivity index (χ1v) is 14.9. The molecule has 4 heterocycles. The van der Waals surface area contributed by atoms with Crippen molar-refractivity contribution in [1.82, 2.24) is 24.2 Å². The largest absolute Gasteiger partial charge is 0.417 e. The van der Waals surface area contributed by atoms with E-state index in [-0.39, 0.29) is 47.9 Å². The standard InChI is InChI=1S/C30H31F3N6O3S/c1-6-23(40)37-12-17(3)38(13-16(37)2)28-21-10-22(30(31,32)33)24(20-9-7-8-18-11-34-36(4)25(18)20)27-26(21)39(29(41)35-28)19(14-42-5)15-43-27/h6-11,16-17,19H,1,12-15H2,2-5H3/t16-,17+,19+/m1/s1. The number of nitrogens with zero attached hydrogens (tertiary/aromatic N) is 6. The van der Waals surface area contributed by atoms with Gasteiger partial charge in [-0.3, -0.25) is 14.0 Å². The molecule has 9 nitrogen and oxygen atoms in total. The Morgan fingerprint density at radius 3 is 2.67 bits per heavy atom. The summed E-state index contributed by atoms with van der Waals surface area (Å²) in [6, 6.07) is 5.30. The monoisotopic (exact) mass is 612 g/mol. The highest BCUT2D eigenvalue weighted by Gasteiger charge is 2.41. The van der Waals surface area contributed by atoms with E-state index in [1.54, 1.807) is 35.0 Å². The summed E-state index contributed by atoms with van der Waals surface area (Å²) in [5.74, 6) is 0.288. The highest BCUT2D eigenvalue weighted by atomic mass is 32.2. The predicted octanol–water partition coefficient (Wildman–Crippen LogP) is 4.87. The molecule has 4 aromatic rings. The molecular formula is C30H31F3N6O3S. The predicted molar refractivity (Wildman–Crippen MR) is 161 cm³/mol. The second kappa shape index (κ2) is 10.7. The number of amides is 1. The Labute approximate surface area is 249 Å². The second-order valence-corrected chi connectivity index (χ2v) is 12.1. The molecule has 2 aliphatic rings. The van der Waals surface area contributed by atoms with Crippen LogP contribution in [-0.4, -0.2) is 74.8 Å². The van der Waals surface area contributed by atoms with Crippen LogP contribution in [0.25, 0.3) is 32.9 Å². The first-order valence-electron chi connectivity index (χ1n) is 13.9. The smallest absolute Gasteiger partial charge is 0.383 e. The number of hydrogen-bond donors (Lipinski definition) is 0. The average molecular weight is 613 g/mol. The van der Waals surface area contributed by atoms with Gasteiger partial charge in [-0.2, -0.15) is 23.3 Å². The van der Waals surface area contributed by atoms with E-state index in [4.69, 9.17) is 4.74 Å². The lowest BCUT2D eigenvalue weighted by atomic mass is 9.94. The summed E-state index contributed by atoms with van der Waals surface area (Å²) in [6.45, 7) is 8.10. The lowest BCUT2D eigenvalue weighted by Crippen LogP contribution is -2.58. The van der Waals surface area contributed by atoms with Gasteiger partial charge in [-0.1, -0.05) is 24.8 Å². The van der Waals surface area contributed by atoms with Crippen LogP contribution in [0, 0.1) is 0 Å². The Hall–Kier alpha value is -3.84. The number of ether oxygens (including phenoxy) is 1. The summed E-state index contributed by atoms with van der Waals surface area (Å²) in [5, 5.41) is 5.24. The number of methoxy groups -OCH3 is 1. The fraction of sp³-hybridized carbons (Fsp3) is 0.400. The van der Waals surface area contributed by atoms with Gasteiger partial charge in [0.2, 0.25) is 5.91 Å². The van der Waals surface area contributed by atoms with Crippen LogP contribution in [0.1, 0.15) is 25.5 Å². The number of aromatic nitrogens is 4. The van der Waals surface area contributed by atoms with E-state index >= 15 is 13.2 Å². The number of aryl methyl sites for hydroxylation is 1. The molecule has 1 saturated heterocycles. The molecule has 6 rings (SSSR count). The first kappa shape index (κ1) is 29.2. The van der Waals surface area contributed by atoms with E-state index in [0.717, 1.165) is 6.07 Å².